The molecule has 1 aliphatic rings. The van der Waals surface area contributed by atoms with E-state index in [1.165, 1.54) is 11.1 Å². The fraction of sp³-hybridized carbons (Fsp3) is 0.273. The van der Waals surface area contributed by atoms with E-state index in [1.54, 1.807) is 11.0 Å². The van der Waals surface area contributed by atoms with E-state index < -0.39 is 0 Å². The molecule has 3 rings (SSSR count). The lowest BCUT2D eigenvalue weighted by Gasteiger charge is -2.21. The van der Waals surface area contributed by atoms with E-state index in [2.05, 4.69) is 23.5 Å². The zero-order valence-electron chi connectivity index (χ0n) is 14.8. The minimum Gasteiger partial charge on any atom is -0.334 e. The largest absolute Gasteiger partial charge is 0.334 e. The molecule has 0 radical (unpaired) electrons. The Morgan fingerprint density at radius 3 is 2.85 bits per heavy atom. The number of carbonyl (C=O) groups is 1. The lowest BCUT2D eigenvalue weighted by atomic mass is 9.95. The van der Waals surface area contributed by atoms with Gasteiger partial charge >= 0.3 is 0 Å². The Hall–Kier alpha value is -2.90. The van der Waals surface area contributed by atoms with Crippen molar-refractivity contribution in [3.8, 4) is 6.07 Å². The van der Waals surface area contributed by atoms with Gasteiger partial charge in [-0.05, 0) is 41.3 Å². The van der Waals surface area contributed by atoms with Gasteiger partial charge in [-0.15, -0.1) is 0 Å². The molecule has 0 atom stereocenters. The number of fused-ring (bicyclic) bond motifs is 1. The van der Waals surface area contributed by atoms with Crippen LogP contribution in [0.2, 0.25) is 0 Å². The standard InChI is InChI=1S/C22H23N3O/c23-13-5-15-25(17-18-6-2-1-3-7-18)22(26)11-10-19-8-4-9-20-16-24-14-12-21(19)20/h1-4,6-11,24H,5,12,14-17H2/b11-10+. The van der Waals surface area contributed by atoms with Crippen LogP contribution in [-0.4, -0.2) is 23.9 Å². The first-order valence-corrected chi connectivity index (χ1v) is 8.97. The van der Waals surface area contributed by atoms with Crippen molar-refractivity contribution in [1.82, 2.24) is 10.2 Å². The third-order valence-electron chi connectivity index (χ3n) is 4.60. The normalized spacial score (nSPS) is 13.2. The molecule has 2 aromatic rings. The van der Waals surface area contributed by atoms with Gasteiger partial charge in [0.25, 0.3) is 0 Å². The van der Waals surface area contributed by atoms with Gasteiger partial charge in [0.15, 0.2) is 0 Å². The molecule has 0 aromatic heterocycles. The number of nitrogens with zero attached hydrogens (tertiary/aromatic N) is 2. The molecule has 1 N–H and O–H groups in total. The van der Waals surface area contributed by atoms with Crippen LogP contribution in [-0.2, 0) is 24.3 Å². The van der Waals surface area contributed by atoms with Gasteiger partial charge in [-0.3, -0.25) is 4.79 Å². The first kappa shape index (κ1) is 17.9. The Morgan fingerprint density at radius 2 is 2.04 bits per heavy atom. The molecule has 0 fully saturated rings. The molecule has 0 saturated heterocycles. The Labute approximate surface area is 154 Å². The molecular formula is C22H23N3O. The fourth-order valence-corrected chi connectivity index (χ4v) is 3.24. The molecule has 0 saturated carbocycles. The molecule has 0 spiro atoms. The van der Waals surface area contributed by atoms with Crippen LogP contribution in [0.3, 0.4) is 0 Å². The van der Waals surface area contributed by atoms with Gasteiger partial charge < -0.3 is 10.2 Å². The van der Waals surface area contributed by atoms with Crippen molar-refractivity contribution in [3.63, 3.8) is 0 Å². The average Bonchev–Trinajstić information content (AvgIpc) is 2.70. The summed E-state index contributed by atoms with van der Waals surface area (Å²) in [5.74, 6) is -0.0596. The highest BCUT2D eigenvalue weighted by molar-refractivity contribution is 5.92. The summed E-state index contributed by atoms with van der Waals surface area (Å²) in [5, 5.41) is 12.3. The topological polar surface area (TPSA) is 56.1 Å². The summed E-state index contributed by atoms with van der Waals surface area (Å²) in [4.78, 5) is 14.4. The lowest BCUT2D eigenvalue weighted by molar-refractivity contribution is -0.126. The molecule has 2 aromatic carbocycles. The van der Waals surface area contributed by atoms with Crippen molar-refractivity contribution >= 4 is 12.0 Å². The number of rotatable bonds is 6. The van der Waals surface area contributed by atoms with Gasteiger partial charge in [0.05, 0.1) is 12.5 Å². The van der Waals surface area contributed by atoms with Gasteiger partial charge in [-0.25, -0.2) is 0 Å². The van der Waals surface area contributed by atoms with E-state index in [0.29, 0.717) is 19.5 Å². The van der Waals surface area contributed by atoms with Crippen LogP contribution in [0, 0.1) is 11.3 Å². The van der Waals surface area contributed by atoms with Crippen LogP contribution in [0.5, 0.6) is 0 Å². The summed E-state index contributed by atoms with van der Waals surface area (Å²) in [6, 6.07) is 18.2. The highest BCUT2D eigenvalue weighted by Crippen LogP contribution is 2.20. The highest BCUT2D eigenvalue weighted by Gasteiger charge is 2.13. The maximum atomic E-state index is 12.7. The molecule has 0 aliphatic carbocycles. The SMILES string of the molecule is N#CCCN(Cc1ccccc1)C(=O)/C=C/c1cccc2c1CCNC2. The Morgan fingerprint density at radius 1 is 1.19 bits per heavy atom. The van der Waals surface area contributed by atoms with Crippen molar-refractivity contribution < 1.29 is 4.79 Å². The van der Waals surface area contributed by atoms with Crippen LogP contribution >= 0.6 is 0 Å². The Kier molecular flexibility index (Phi) is 6.19. The summed E-state index contributed by atoms with van der Waals surface area (Å²) in [7, 11) is 0. The summed E-state index contributed by atoms with van der Waals surface area (Å²) >= 11 is 0. The van der Waals surface area contributed by atoms with Crippen molar-refractivity contribution in [2.45, 2.75) is 25.9 Å². The van der Waals surface area contributed by atoms with E-state index in [9.17, 15) is 4.79 Å². The number of benzene rings is 2. The number of nitrogens with one attached hydrogen (secondary N) is 1. The molecule has 1 heterocycles. The number of amides is 1. The minimum atomic E-state index is -0.0596. The van der Waals surface area contributed by atoms with Crippen LogP contribution in [0.4, 0.5) is 0 Å². The quantitative estimate of drug-likeness (QED) is 0.818. The smallest absolute Gasteiger partial charge is 0.246 e. The van der Waals surface area contributed by atoms with Crippen LogP contribution in [0.15, 0.2) is 54.6 Å². The number of hydrogen-bond acceptors (Lipinski definition) is 3. The van der Waals surface area contributed by atoms with Gasteiger partial charge in [-0.1, -0.05) is 48.5 Å². The van der Waals surface area contributed by atoms with E-state index in [1.807, 2.05) is 42.5 Å². The lowest BCUT2D eigenvalue weighted by Crippen LogP contribution is -2.29. The zero-order valence-corrected chi connectivity index (χ0v) is 14.8. The second-order valence-corrected chi connectivity index (χ2v) is 6.40. The summed E-state index contributed by atoms with van der Waals surface area (Å²) in [5.41, 5.74) is 4.80. The van der Waals surface area contributed by atoms with E-state index in [-0.39, 0.29) is 5.91 Å². The van der Waals surface area contributed by atoms with Gasteiger partial charge in [-0.2, -0.15) is 5.26 Å². The third-order valence-corrected chi connectivity index (χ3v) is 4.60. The van der Waals surface area contributed by atoms with E-state index >= 15 is 0 Å². The molecule has 4 nitrogen and oxygen atoms in total. The average molecular weight is 345 g/mol. The maximum absolute atomic E-state index is 12.7. The Balaban J connectivity index is 1.75. The molecule has 26 heavy (non-hydrogen) atoms. The zero-order chi connectivity index (χ0) is 18.2. The number of nitriles is 1. The first-order valence-electron chi connectivity index (χ1n) is 8.97. The summed E-state index contributed by atoms with van der Waals surface area (Å²) < 4.78 is 0. The fourth-order valence-electron chi connectivity index (χ4n) is 3.24. The van der Waals surface area contributed by atoms with Gasteiger partial charge in [0.2, 0.25) is 5.91 Å². The monoisotopic (exact) mass is 345 g/mol. The molecular weight excluding hydrogens is 322 g/mol. The molecule has 1 amide bonds. The summed E-state index contributed by atoms with van der Waals surface area (Å²) in [6.45, 7) is 2.80. The van der Waals surface area contributed by atoms with Gasteiger partial charge in [0.1, 0.15) is 0 Å². The third kappa shape index (κ3) is 4.59. The second-order valence-electron chi connectivity index (χ2n) is 6.40. The second kappa shape index (κ2) is 8.98. The molecule has 0 bridgehead atoms. The summed E-state index contributed by atoms with van der Waals surface area (Å²) in [6.07, 6.45) is 4.86. The predicted octanol–water partition coefficient (Wildman–Crippen LogP) is 3.29. The Bertz CT molecular complexity index is 821. The van der Waals surface area contributed by atoms with Crippen LogP contribution in [0.25, 0.3) is 6.08 Å². The van der Waals surface area contributed by atoms with Crippen molar-refractivity contribution in [3.05, 3.63) is 76.9 Å². The molecule has 0 unspecified atom stereocenters. The van der Waals surface area contributed by atoms with Crippen molar-refractivity contribution in [2.24, 2.45) is 0 Å². The molecule has 4 heteroatoms. The molecule has 1 aliphatic heterocycles. The first-order chi connectivity index (χ1) is 12.8. The van der Waals surface area contributed by atoms with Crippen molar-refractivity contribution in [2.75, 3.05) is 13.1 Å². The van der Waals surface area contributed by atoms with E-state index in [0.717, 1.165) is 30.6 Å². The minimum absolute atomic E-state index is 0.0596. The number of carbonyl (C=O) groups excluding carboxylic acids is 1. The van der Waals surface area contributed by atoms with Crippen molar-refractivity contribution in [1.29, 1.82) is 5.26 Å². The number of hydrogen-bond donors (Lipinski definition) is 1. The van der Waals surface area contributed by atoms with Gasteiger partial charge in [0, 0.05) is 25.7 Å². The highest BCUT2D eigenvalue weighted by atomic mass is 16.2. The predicted molar refractivity (Wildman–Crippen MR) is 103 cm³/mol. The van der Waals surface area contributed by atoms with Crippen LogP contribution < -0.4 is 5.32 Å². The maximum Gasteiger partial charge on any atom is 0.246 e. The molecule has 132 valence electrons. The van der Waals surface area contributed by atoms with E-state index in [4.69, 9.17) is 5.26 Å². The van der Waals surface area contributed by atoms with Crippen LogP contribution in [0.1, 0.15) is 28.7 Å².